The summed E-state index contributed by atoms with van der Waals surface area (Å²) in [4.78, 5) is 16.4. The van der Waals surface area contributed by atoms with E-state index in [4.69, 9.17) is 4.74 Å². The summed E-state index contributed by atoms with van der Waals surface area (Å²) in [6, 6.07) is 0. The standard InChI is InChI=1S/C20H25N5O2S/c1-20(2)9-12-13(10-27-20)18(25-6-3-4-7-25)24-19-14(12)15-16(28-19)17(21-5-8-26)23-11-22-15/h11,26H,3-10H2,1-2H3,(H,21,22,23)/p+1. The highest BCUT2D eigenvalue weighted by molar-refractivity contribution is 7.25. The molecule has 0 spiro atoms. The Morgan fingerprint density at radius 1 is 1.29 bits per heavy atom. The van der Waals surface area contributed by atoms with Crippen molar-refractivity contribution in [2.24, 2.45) is 0 Å². The summed E-state index contributed by atoms with van der Waals surface area (Å²) in [6.45, 7) is 7.67. The summed E-state index contributed by atoms with van der Waals surface area (Å²) in [6.07, 6.45) is 4.95. The topological polar surface area (TPSA) is 84.7 Å². The van der Waals surface area contributed by atoms with Crippen LogP contribution in [0.1, 0.15) is 37.8 Å². The molecule has 0 atom stereocenters. The highest BCUT2D eigenvalue weighted by atomic mass is 32.1. The monoisotopic (exact) mass is 400 g/mol. The number of fused-ring (bicyclic) bond motifs is 5. The maximum Gasteiger partial charge on any atom is 0.281 e. The van der Waals surface area contributed by atoms with E-state index in [1.54, 1.807) is 17.7 Å². The third-order valence-corrected chi connectivity index (χ3v) is 6.79. The lowest BCUT2D eigenvalue weighted by atomic mass is 9.90. The Balaban J connectivity index is 1.77. The average Bonchev–Trinajstić information content (AvgIpc) is 3.32. The number of rotatable bonds is 4. The van der Waals surface area contributed by atoms with Crippen molar-refractivity contribution in [1.29, 1.82) is 0 Å². The van der Waals surface area contributed by atoms with E-state index in [-0.39, 0.29) is 12.2 Å². The van der Waals surface area contributed by atoms with Gasteiger partial charge in [-0.3, -0.25) is 4.90 Å². The molecule has 0 saturated carbocycles. The second kappa shape index (κ2) is 6.79. The first-order valence-electron chi connectivity index (χ1n) is 9.95. The molecule has 2 aliphatic rings. The number of H-pyrrole nitrogens is 1. The number of thiophene rings is 1. The van der Waals surface area contributed by atoms with Crippen molar-refractivity contribution in [2.45, 2.75) is 45.3 Å². The molecule has 0 radical (unpaired) electrons. The van der Waals surface area contributed by atoms with Crippen LogP contribution in [-0.4, -0.2) is 46.9 Å². The maximum atomic E-state index is 9.18. The zero-order valence-electron chi connectivity index (χ0n) is 16.3. The van der Waals surface area contributed by atoms with Gasteiger partial charge in [-0.2, -0.15) is 0 Å². The largest absolute Gasteiger partial charge is 0.395 e. The zero-order valence-corrected chi connectivity index (χ0v) is 17.2. The maximum absolute atomic E-state index is 9.18. The minimum atomic E-state index is -0.192. The number of anilines is 2. The van der Waals surface area contributed by atoms with E-state index < -0.39 is 0 Å². The molecule has 0 amide bonds. The van der Waals surface area contributed by atoms with Crippen molar-refractivity contribution >= 4 is 43.4 Å². The quantitative estimate of drug-likeness (QED) is 0.700. The molecule has 148 valence electrons. The summed E-state index contributed by atoms with van der Waals surface area (Å²) in [5, 5.41) is 13.6. The summed E-state index contributed by atoms with van der Waals surface area (Å²) >= 11 is 1.69. The van der Waals surface area contributed by atoms with Gasteiger partial charge in [-0.25, -0.2) is 15.0 Å². The first kappa shape index (κ1) is 18.0. The van der Waals surface area contributed by atoms with Crippen molar-refractivity contribution in [1.82, 2.24) is 9.97 Å². The minimum Gasteiger partial charge on any atom is -0.395 e. The number of pyridine rings is 1. The number of hydrogen-bond acceptors (Lipinski definition) is 7. The first-order valence-corrected chi connectivity index (χ1v) is 10.8. The van der Waals surface area contributed by atoms with Crippen LogP contribution in [0.2, 0.25) is 0 Å². The summed E-state index contributed by atoms with van der Waals surface area (Å²) in [7, 11) is 0. The molecule has 0 unspecified atom stereocenters. The highest BCUT2D eigenvalue weighted by Crippen LogP contribution is 2.42. The lowest BCUT2D eigenvalue weighted by Gasteiger charge is -2.32. The molecular weight excluding hydrogens is 374 g/mol. The van der Waals surface area contributed by atoms with Crippen molar-refractivity contribution in [3.63, 3.8) is 0 Å². The lowest BCUT2D eigenvalue weighted by Crippen LogP contribution is -2.36. The molecule has 5 rings (SSSR count). The Morgan fingerprint density at radius 2 is 2.11 bits per heavy atom. The van der Waals surface area contributed by atoms with Crippen LogP contribution in [0.15, 0.2) is 6.33 Å². The van der Waals surface area contributed by atoms with Crippen LogP contribution in [0.25, 0.3) is 20.4 Å². The Hall–Kier alpha value is -2.03. The van der Waals surface area contributed by atoms with Gasteiger partial charge in [0.2, 0.25) is 0 Å². The molecule has 0 aromatic carbocycles. The van der Waals surface area contributed by atoms with Crippen LogP contribution < -0.4 is 15.2 Å². The zero-order chi connectivity index (χ0) is 19.3. The van der Waals surface area contributed by atoms with Crippen molar-refractivity contribution in [2.75, 3.05) is 36.5 Å². The van der Waals surface area contributed by atoms with Crippen LogP contribution in [0.4, 0.5) is 11.6 Å². The number of aromatic amines is 1. The van der Waals surface area contributed by atoms with Gasteiger partial charge < -0.3 is 15.2 Å². The van der Waals surface area contributed by atoms with Gasteiger partial charge in [0.25, 0.3) is 5.82 Å². The Morgan fingerprint density at radius 3 is 2.89 bits per heavy atom. The van der Waals surface area contributed by atoms with Gasteiger partial charge >= 0.3 is 0 Å². The second-order valence-electron chi connectivity index (χ2n) is 8.21. The van der Waals surface area contributed by atoms with Gasteiger partial charge in [-0.15, -0.1) is 0 Å². The second-order valence-corrected chi connectivity index (χ2v) is 9.23. The van der Waals surface area contributed by atoms with Gasteiger partial charge in [0.15, 0.2) is 4.83 Å². The lowest BCUT2D eigenvalue weighted by molar-refractivity contribution is -0.328. The smallest absolute Gasteiger partial charge is 0.281 e. The molecule has 3 N–H and O–H groups in total. The van der Waals surface area contributed by atoms with Crippen LogP contribution in [0, 0.1) is 0 Å². The number of nitrogens with zero attached hydrogens (tertiary/aromatic N) is 3. The predicted octanol–water partition coefficient (Wildman–Crippen LogP) is 2.51. The number of aromatic nitrogens is 3. The molecule has 1 saturated heterocycles. The van der Waals surface area contributed by atoms with Gasteiger partial charge in [0.1, 0.15) is 16.8 Å². The molecule has 0 aliphatic carbocycles. The fourth-order valence-corrected chi connectivity index (χ4v) is 5.51. The molecule has 28 heavy (non-hydrogen) atoms. The Labute approximate surface area is 167 Å². The van der Waals surface area contributed by atoms with Gasteiger partial charge in [0.05, 0.1) is 48.4 Å². The molecule has 7 nitrogen and oxygen atoms in total. The number of aliphatic hydroxyl groups excluding tert-OH is 1. The van der Waals surface area contributed by atoms with Gasteiger partial charge in [0, 0.05) is 13.0 Å². The van der Waals surface area contributed by atoms with Crippen LogP contribution >= 0.6 is 11.3 Å². The minimum absolute atomic E-state index is 0.0720. The summed E-state index contributed by atoms with van der Waals surface area (Å²) in [5.41, 5.74) is 3.42. The summed E-state index contributed by atoms with van der Waals surface area (Å²) in [5.74, 6) is 2.00. The normalized spacial score (nSPS) is 18.8. The summed E-state index contributed by atoms with van der Waals surface area (Å²) < 4.78 is 7.22. The molecule has 8 heteroatoms. The molecular formula is C20H26N5O2S+. The third-order valence-electron chi connectivity index (χ3n) is 5.69. The van der Waals surface area contributed by atoms with Gasteiger partial charge in [-0.1, -0.05) is 11.3 Å². The number of ether oxygens (including phenoxy) is 1. The average molecular weight is 401 g/mol. The van der Waals surface area contributed by atoms with Crippen molar-refractivity contribution < 1.29 is 14.8 Å². The van der Waals surface area contributed by atoms with E-state index in [9.17, 15) is 5.11 Å². The van der Waals surface area contributed by atoms with Crippen molar-refractivity contribution in [3.05, 3.63) is 17.5 Å². The van der Waals surface area contributed by atoms with Crippen molar-refractivity contribution in [3.8, 4) is 0 Å². The van der Waals surface area contributed by atoms with Gasteiger partial charge in [-0.05, 0) is 32.3 Å². The Bertz CT molecular complexity index is 1040. The third kappa shape index (κ3) is 2.91. The molecule has 3 aromatic rings. The van der Waals surface area contributed by atoms with E-state index in [1.807, 2.05) is 0 Å². The fraction of sp³-hybridized carbons (Fsp3) is 0.550. The first-order chi connectivity index (χ1) is 13.6. The number of hydrogen-bond donors (Lipinski definition) is 2. The predicted molar refractivity (Wildman–Crippen MR) is 111 cm³/mol. The SMILES string of the molecule is CC1(C)Cc2c(c(N3CCCC3)[nH+]c3sc4c(NCCO)ncnc4c23)CO1. The van der Waals surface area contributed by atoms with Crippen LogP contribution in [0.3, 0.4) is 0 Å². The molecule has 3 aromatic heterocycles. The van der Waals surface area contributed by atoms with E-state index in [2.05, 4.69) is 39.0 Å². The van der Waals surface area contributed by atoms with Crippen LogP contribution in [0.5, 0.6) is 0 Å². The molecule has 0 bridgehead atoms. The molecule has 1 fully saturated rings. The van der Waals surface area contributed by atoms with E-state index >= 15 is 0 Å². The highest BCUT2D eigenvalue weighted by Gasteiger charge is 2.36. The van der Waals surface area contributed by atoms with Crippen LogP contribution in [-0.2, 0) is 17.8 Å². The number of nitrogens with one attached hydrogen (secondary N) is 2. The Kier molecular flexibility index (Phi) is 4.37. The number of aliphatic hydroxyl groups is 1. The van der Waals surface area contributed by atoms with E-state index in [0.29, 0.717) is 13.2 Å². The molecule has 2 aliphatic heterocycles. The van der Waals surface area contributed by atoms with E-state index in [1.165, 1.54) is 35.2 Å². The van der Waals surface area contributed by atoms with E-state index in [0.717, 1.165) is 40.4 Å². The molecule has 5 heterocycles. The fourth-order valence-electron chi connectivity index (χ4n) is 4.36.